The monoisotopic (exact) mass is 367 g/mol. The summed E-state index contributed by atoms with van der Waals surface area (Å²) in [4.78, 5) is 31.1. The van der Waals surface area contributed by atoms with Crippen molar-refractivity contribution >= 4 is 17.5 Å². The molecule has 0 aliphatic carbocycles. The van der Waals surface area contributed by atoms with Crippen molar-refractivity contribution in [1.29, 1.82) is 0 Å². The van der Waals surface area contributed by atoms with Crippen molar-refractivity contribution in [3.05, 3.63) is 66.1 Å². The van der Waals surface area contributed by atoms with E-state index in [-0.39, 0.29) is 24.2 Å². The Bertz CT molecular complexity index is 926. The Kier molecular flexibility index (Phi) is 5.73. The molecule has 3 aromatic rings. The second-order valence-electron chi connectivity index (χ2n) is 5.56. The van der Waals surface area contributed by atoms with E-state index >= 15 is 0 Å². The average molecular weight is 367 g/mol. The largest absolute Gasteiger partial charge is 0.485 e. The Hall–Kier alpha value is -3.75. The molecule has 0 fully saturated rings. The molecule has 0 unspecified atom stereocenters. The minimum atomic E-state index is -0.481. The van der Waals surface area contributed by atoms with Gasteiger partial charge in [-0.05, 0) is 23.8 Å². The highest BCUT2D eigenvalue weighted by Crippen LogP contribution is 2.18. The molecule has 0 aliphatic rings. The highest BCUT2D eigenvalue weighted by atomic mass is 16.5. The number of aromatic nitrogens is 3. The number of hydrogen-bond acceptors (Lipinski definition) is 7. The van der Waals surface area contributed by atoms with E-state index in [0.29, 0.717) is 18.0 Å². The lowest BCUT2D eigenvalue weighted by molar-refractivity contribution is -0.114. The number of nitrogens with one attached hydrogen (secondary N) is 2. The number of carbonyl (C=O) groups is 2. The quantitative estimate of drug-likeness (QED) is 0.655. The number of ether oxygens (including phenoxy) is 1. The van der Waals surface area contributed by atoms with Crippen LogP contribution in [0.4, 0.5) is 5.69 Å². The summed E-state index contributed by atoms with van der Waals surface area (Å²) < 4.78 is 10.5. The molecule has 0 atom stereocenters. The van der Waals surface area contributed by atoms with E-state index in [9.17, 15) is 9.59 Å². The maximum atomic E-state index is 12.0. The summed E-state index contributed by atoms with van der Waals surface area (Å²) >= 11 is 0. The van der Waals surface area contributed by atoms with E-state index in [1.165, 1.54) is 6.92 Å². The Morgan fingerprint density at radius 3 is 2.89 bits per heavy atom. The van der Waals surface area contributed by atoms with Crippen molar-refractivity contribution in [2.75, 3.05) is 5.32 Å². The van der Waals surface area contributed by atoms with Crippen LogP contribution < -0.4 is 15.4 Å². The van der Waals surface area contributed by atoms with E-state index in [1.807, 2.05) is 6.07 Å². The molecule has 0 saturated heterocycles. The van der Waals surface area contributed by atoms with Gasteiger partial charge in [0.05, 0.1) is 0 Å². The topological polar surface area (TPSA) is 119 Å². The van der Waals surface area contributed by atoms with Gasteiger partial charge < -0.3 is 19.9 Å². The van der Waals surface area contributed by atoms with E-state index in [2.05, 4.69) is 25.8 Å². The van der Waals surface area contributed by atoms with E-state index < -0.39 is 5.91 Å². The summed E-state index contributed by atoms with van der Waals surface area (Å²) in [6.45, 7) is 1.74. The molecule has 138 valence electrons. The standard InChI is InChI=1S/C18H17N5O4/c1-12(24)21-14-5-2-6-15(8-14)26-11-16-22-18(27-23-16)17(25)20-10-13-4-3-7-19-9-13/h2-9H,10-11H2,1H3,(H,20,25)(H,21,24). The number of carbonyl (C=O) groups excluding carboxylic acids is 2. The summed E-state index contributed by atoms with van der Waals surface area (Å²) in [5.41, 5.74) is 1.47. The van der Waals surface area contributed by atoms with Crippen molar-refractivity contribution in [3.63, 3.8) is 0 Å². The van der Waals surface area contributed by atoms with Gasteiger partial charge in [-0.15, -0.1) is 0 Å². The molecule has 9 nitrogen and oxygen atoms in total. The SMILES string of the molecule is CC(=O)Nc1cccc(OCc2noc(C(=O)NCc3cccnc3)n2)c1. The summed E-state index contributed by atoms with van der Waals surface area (Å²) in [5.74, 6) is -0.0536. The lowest BCUT2D eigenvalue weighted by Crippen LogP contribution is -2.23. The van der Waals surface area contributed by atoms with Crippen LogP contribution in [0.3, 0.4) is 0 Å². The Balaban J connectivity index is 1.53. The molecule has 0 saturated carbocycles. The highest BCUT2D eigenvalue weighted by Gasteiger charge is 2.15. The minimum Gasteiger partial charge on any atom is -0.485 e. The van der Waals surface area contributed by atoms with Crippen molar-refractivity contribution in [1.82, 2.24) is 20.4 Å². The van der Waals surface area contributed by atoms with Crippen LogP contribution in [0.25, 0.3) is 0 Å². The number of rotatable bonds is 7. The van der Waals surface area contributed by atoms with Crippen LogP contribution >= 0.6 is 0 Å². The smallest absolute Gasteiger partial charge is 0.316 e. The molecule has 0 radical (unpaired) electrons. The number of benzene rings is 1. The molecule has 2 amide bonds. The molecule has 0 spiro atoms. The van der Waals surface area contributed by atoms with E-state index in [4.69, 9.17) is 9.26 Å². The summed E-state index contributed by atoms with van der Waals surface area (Å²) in [6.07, 6.45) is 3.31. The maximum Gasteiger partial charge on any atom is 0.316 e. The average Bonchev–Trinajstić information content (AvgIpc) is 3.14. The summed E-state index contributed by atoms with van der Waals surface area (Å²) in [5, 5.41) is 9.06. The molecular formula is C18H17N5O4. The van der Waals surface area contributed by atoms with Crippen LogP contribution in [-0.2, 0) is 17.9 Å². The van der Waals surface area contributed by atoms with Crippen molar-refractivity contribution in [3.8, 4) is 5.75 Å². The fraction of sp³-hybridized carbons (Fsp3) is 0.167. The number of nitrogens with zero attached hydrogens (tertiary/aromatic N) is 3. The lowest BCUT2D eigenvalue weighted by atomic mass is 10.3. The first-order chi connectivity index (χ1) is 13.1. The fourth-order valence-corrected chi connectivity index (χ4v) is 2.18. The van der Waals surface area contributed by atoms with E-state index in [0.717, 1.165) is 5.56 Å². The fourth-order valence-electron chi connectivity index (χ4n) is 2.18. The van der Waals surface area contributed by atoms with Gasteiger partial charge in [0.1, 0.15) is 5.75 Å². The molecule has 9 heteroatoms. The normalized spacial score (nSPS) is 10.3. The van der Waals surface area contributed by atoms with Crippen LogP contribution in [0.5, 0.6) is 5.75 Å². The molecule has 27 heavy (non-hydrogen) atoms. The number of pyridine rings is 1. The van der Waals surface area contributed by atoms with Gasteiger partial charge in [-0.3, -0.25) is 14.6 Å². The van der Waals surface area contributed by atoms with Gasteiger partial charge in [0.15, 0.2) is 6.61 Å². The predicted molar refractivity (Wildman–Crippen MR) is 94.8 cm³/mol. The minimum absolute atomic E-state index is 0.0168. The zero-order valence-corrected chi connectivity index (χ0v) is 14.5. The number of amides is 2. The van der Waals surface area contributed by atoms with Gasteiger partial charge in [0, 0.05) is 37.6 Å². The molecular weight excluding hydrogens is 350 g/mol. The van der Waals surface area contributed by atoms with Crippen molar-refractivity contribution in [2.45, 2.75) is 20.1 Å². The third kappa shape index (κ3) is 5.36. The van der Waals surface area contributed by atoms with Gasteiger partial charge >= 0.3 is 11.8 Å². The van der Waals surface area contributed by atoms with Gasteiger partial charge in [-0.2, -0.15) is 4.98 Å². The zero-order valence-electron chi connectivity index (χ0n) is 14.5. The predicted octanol–water partition coefficient (Wildman–Crippen LogP) is 1.93. The van der Waals surface area contributed by atoms with Crippen LogP contribution in [0, 0.1) is 0 Å². The summed E-state index contributed by atoms with van der Waals surface area (Å²) in [6, 6.07) is 10.5. The van der Waals surface area contributed by atoms with Crippen LogP contribution in [0.1, 0.15) is 29.0 Å². The molecule has 0 bridgehead atoms. The van der Waals surface area contributed by atoms with Gasteiger partial charge in [-0.25, -0.2) is 0 Å². The van der Waals surface area contributed by atoms with Crippen molar-refractivity contribution < 1.29 is 18.8 Å². The summed E-state index contributed by atoms with van der Waals surface area (Å²) in [7, 11) is 0. The molecule has 2 aromatic heterocycles. The van der Waals surface area contributed by atoms with E-state index in [1.54, 1.807) is 42.7 Å². The third-order valence-electron chi connectivity index (χ3n) is 3.36. The Labute approximate surface area is 154 Å². The van der Waals surface area contributed by atoms with Gasteiger partial charge in [-0.1, -0.05) is 17.3 Å². The Morgan fingerprint density at radius 1 is 1.22 bits per heavy atom. The highest BCUT2D eigenvalue weighted by molar-refractivity contribution is 5.89. The third-order valence-corrected chi connectivity index (χ3v) is 3.36. The second-order valence-corrected chi connectivity index (χ2v) is 5.56. The van der Waals surface area contributed by atoms with Gasteiger partial charge in [0.2, 0.25) is 11.7 Å². The van der Waals surface area contributed by atoms with Crippen molar-refractivity contribution in [2.24, 2.45) is 0 Å². The van der Waals surface area contributed by atoms with Crippen LogP contribution in [0.15, 0.2) is 53.3 Å². The maximum absolute atomic E-state index is 12.0. The molecule has 2 heterocycles. The van der Waals surface area contributed by atoms with Gasteiger partial charge in [0.25, 0.3) is 0 Å². The molecule has 3 rings (SSSR count). The first-order valence-corrected chi connectivity index (χ1v) is 8.10. The molecule has 2 N–H and O–H groups in total. The van der Waals surface area contributed by atoms with Crippen LogP contribution in [0.2, 0.25) is 0 Å². The number of anilines is 1. The van der Waals surface area contributed by atoms with Crippen LogP contribution in [-0.4, -0.2) is 26.9 Å². The lowest BCUT2D eigenvalue weighted by Gasteiger charge is -2.06. The molecule has 1 aromatic carbocycles. The second kappa shape index (κ2) is 8.56. The first-order valence-electron chi connectivity index (χ1n) is 8.10. The molecule has 0 aliphatic heterocycles. The number of hydrogen-bond donors (Lipinski definition) is 2. The zero-order chi connectivity index (χ0) is 19.1. The Morgan fingerprint density at radius 2 is 2.11 bits per heavy atom. The first kappa shape index (κ1) is 18.1.